The van der Waals surface area contributed by atoms with Crippen LogP contribution in [0.4, 0.5) is 0 Å². The third-order valence-corrected chi connectivity index (χ3v) is 4.41. The zero-order valence-electron chi connectivity index (χ0n) is 13.1. The number of aromatic nitrogens is 1. The maximum atomic E-state index is 12.2. The van der Waals surface area contributed by atoms with Gasteiger partial charge in [-0.25, -0.2) is 4.79 Å². The Balaban J connectivity index is 2.51. The van der Waals surface area contributed by atoms with Gasteiger partial charge in [0.05, 0.1) is 33.2 Å². The van der Waals surface area contributed by atoms with Crippen LogP contribution in [0.25, 0.3) is 0 Å². The predicted octanol–water partition coefficient (Wildman–Crippen LogP) is 1.82. The van der Waals surface area contributed by atoms with E-state index in [1.165, 1.54) is 6.20 Å². The number of nitrogens with zero attached hydrogens (tertiary/aromatic N) is 2. The van der Waals surface area contributed by atoms with Gasteiger partial charge in [-0.2, -0.15) is 0 Å². The maximum absolute atomic E-state index is 12.2. The summed E-state index contributed by atoms with van der Waals surface area (Å²) in [6.45, 7) is 5.55. The number of carbonyl (C=O) groups excluding carboxylic acids is 2. The van der Waals surface area contributed by atoms with E-state index in [0.29, 0.717) is 11.1 Å². The van der Waals surface area contributed by atoms with Crippen molar-refractivity contribution < 1.29 is 19.1 Å². The number of Topliss-reactive ketones (excluding diaryl/α,β-unsaturated/α-hetero) is 1. The fourth-order valence-corrected chi connectivity index (χ4v) is 3.28. The van der Waals surface area contributed by atoms with E-state index in [-0.39, 0.29) is 18.2 Å². The summed E-state index contributed by atoms with van der Waals surface area (Å²) in [6, 6.07) is 0. The van der Waals surface area contributed by atoms with Crippen LogP contribution in [0, 0.1) is 5.53 Å². The molecule has 2 N–H and O–H groups in total. The van der Waals surface area contributed by atoms with Gasteiger partial charge in [-0.05, 0) is 20.3 Å². The van der Waals surface area contributed by atoms with Crippen molar-refractivity contribution in [2.45, 2.75) is 26.2 Å². The molecule has 122 valence electrons. The molecule has 7 nitrogen and oxygen atoms in total. The summed E-state index contributed by atoms with van der Waals surface area (Å²) in [5.41, 5.74) is 7.94. The largest absolute Gasteiger partial charge is 0.462 e. The number of likely N-dealkylation sites (tertiary alicyclic amines) is 1. The lowest BCUT2D eigenvalue weighted by Gasteiger charge is -2.18. The highest BCUT2D eigenvalue weighted by Gasteiger charge is 2.36. The first-order valence-electron chi connectivity index (χ1n) is 7.46. The zero-order valence-corrected chi connectivity index (χ0v) is 13.9. The fourth-order valence-electron chi connectivity index (χ4n) is 2.82. The second-order valence-corrected chi connectivity index (χ2v) is 5.51. The molecule has 0 aliphatic carbocycles. The number of hydrogen-bond acceptors (Lipinski definition) is 5. The Morgan fingerprint density at radius 1 is 1.57 bits per heavy atom. The molecule has 1 aromatic heterocycles. The molecular formula is C15H19N4O3S+. The van der Waals surface area contributed by atoms with Gasteiger partial charge in [0.1, 0.15) is 0 Å². The molecule has 1 unspecified atom stereocenters. The fraction of sp³-hybridized carbons (Fsp3) is 0.467. The second-order valence-electron chi connectivity index (χ2n) is 5.09. The van der Waals surface area contributed by atoms with E-state index in [0.717, 1.165) is 30.7 Å². The zero-order chi connectivity index (χ0) is 17.0. The van der Waals surface area contributed by atoms with E-state index in [4.69, 9.17) is 22.5 Å². The molecule has 0 amide bonds. The van der Waals surface area contributed by atoms with Crippen molar-refractivity contribution in [3.63, 3.8) is 0 Å². The van der Waals surface area contributed by atoms with Crippen LogP contribution >= 0.6 is 12.2 Å². The molecule has 1 aliphatic heterocycles. The number of aromatic amines is 1. The van der Waals surface area contributed by atoms with Gasteiger partial charge in [0.25, 0.3) is 5.78 Å². The third kappa shape index (κ3) is 3.23. The third-order valence-electron chi connectivity index (χ3n) is 3.87. The molecule has 1 aromatic rings. The lowest BCUT2D eigenvalue weighted by atomic mass is 9.93. The molecule has 23 heavy (non-hydrogen) atoms. The number of likely N-dealkylation sites (N-methyl/N-ethyl adjacent to an activating group) is 1. The first kappa shape index (κ1) is 17.1. The van der Waals surface area contributed by atoms with E-state index in [9.17, 15) is 9.59 Å². The Kier molecular flexibility index (Phi) is 5.41. The molecule has 2 heterocycles. The molecular weight excluding hydrogens is 316 g/mol. The van der Waals surface area contributed by atoms with Gasteiger partial charge < -0.3 is 14.6 Å². The van der Waals surface area contributed by atoms with Crippen molar-refractivity contribution in [1.82, 2.24) is 9.88 Å². The summed E-state index contributed by atoms with van der Waals surface area (Å²) >= 11 is 5.51. The molecule has 1 aliphatic rings. The van der Waals surface area contributed by atoms with Crippen molar-refractivity contribution in [2.75, 3.05) is 19.7 Å². The van der Waals surface area contributed by atoms with Crippen molar-refractivity contribution >= 4 is 35.2 Å². The smallest absolute Gasteiger partial charge is 0.379 e. The number of nitrogens with one attached hydrogen (secondary N) is 2. The number of H-pyrrole nitrogens is 1. The lowest BCUT2D eigenvalue weighted by Crippen LogP contribution is -2.25. The molecule has 2 rings (SSSR count). The minimum absolute atomic E-state index is 0.200. The molecule has 1 atom stereocenters. The van der Waals surface area contributed by atoms with Crippen LogP contribution in [0.5, 0.6) is 0 Å². The molecule has 0 saturated carbocycles. The van der Waals surface area contributed by atoms with E-state index in [1.54, 1.807) is 6.92 Å². The quantitative estimate of drug-likeness (QED) is 0.206. The van der Waals surface area contributed by atoms with Gasteiger partial charge in [-0.15, -0.1) is 0 Å². The van der Waals surface area contributed by atoms with Gasteiger partial charge in [0.2, 0.25) is 0 Å². The highest BCUT2D eigenvalue weighted by molar-refractivity contribution is 7.80. The highest BCUT2D eigenvalue weighted by atomic mass is 32.1. The molecule has 0 bridgehead atoms. The maximum Gasteiger partial charge on any atom is 0.379 e. The number of ether oxygens (including phenoxy) is 1. The van der Waals surface area contributed by atoms with Gasteiger partial charge in [-0.3, -0.25) is 4.79 Å². The Bertz CT molecular complexity index is 691. The van der Waals surface area contributed by atoms with Crippen LogP contribution in [-0.2, 0) is 4.74 Å². The van der Waals surface area contributed by atoms with Crippen molar-refractivity contribution in [3.05, 3.63) is 23.0 Å². The number of ketones is 1. The van der Waals surface area contributed by atoms with Crippen molar-refractivity contribution in [2.24, 2.45) is 0 Å². The standard InChI is InChI=1S/C15H18N4O3S/c1-3-19-6-5-9(14(19)23)12-10(15(21)22-4-2)7-17-13(12)11(20)8-18-16/h7-9H,3-6H2,1-2H3,(H-,16,17,20,21)/p+1. The van der Waals surface area contributed by atoms with Crippen molar-refractivity contribution in [3.8, 4) is 0 Å². The van der Waals surface area contributed by atoms with Crippen molar-refractivity contribution in [1.29, 1.82) is 5.53 Å². The first-order valence-corrected chi connectivity index (χ1v) is 7.87. The number of rotatable bonds is 6. The summed E-state index contributed by atoms with van der Waals surface area (Å²) < 4.78 is 5.07. The average molecular weight is 335 g/mol. The van der Waals surface area contributed by atoms with Gasteiger partial charge in [-0.1, -0.05) is 12.2 Å². The second kappa shape index (κ2) is 7.30. The molecule has 0 radical (unpaired) electrons. The number of thiocarbonyl (C=S) groups is 1. The highest BCUT2D eigenvalue weighted by Crippen LogP contribution is 2.34. The van der Waals surface area contributed by atoms with E-state index in [1.807, 2.05) is 6.92 Å². The Morgan fingerprint density at radius 2 is 2.30 bits per heavy atom. The summed E-state index contributed by atoms with van der Waals surface area (Å²) in [7, 11) is 0. The minimum Gasteiger partial charge on any atom is -0.462 e. The van der Waals surface area contributed by atoms with Crippen LogP contribution in [0.1, 0.15) is 52.6 Å². The van der Waals surface area contributed by atoms with Crippen LogP contribution in [-0.4, -0.2) is 57.3 Å². The van der Waals surface area contributed by atoms with E-state index >= 15 is 0 Å². The summed E-state index contributed by atoms with van der Waals surface area (Å²) in [5.74, 6) is -1.14. The molecule has 1 saturated heterocycles. The normalized spacial score (nSPS) is 17.0. The van der Waals surface area contributed by atoms with Gasteiger partial charge in [0.15, 0.2) is 0 Å². The predicted molar refractivity (Wildman–Crippen MR) is 87.3 cm³/mol. The number of hydrogen-bond donors (Lipinski definition) is 2. The Hall–Kier alpha value is -2.31. The topological polar surface area (TPSA) is 100 Å². The van der Waals surface area contributed by atoms with Crippen LogP contribution in [0.2, 0.25) is 0 Å². The molecule has 0 aromatic carbocycles. The summed E-state index contributed by atoms with van der Waals surface area (Å²) in [6.07, 6.45) is 3.10. The molecule has 8 heteroatoms. The Labute approximate surface area is 139 Å². The summed E-state index contributed by atoms with van der Waals surface area (Å²) in [5, 5.41) is 0. The summed E-state index contributed by atoms with van der Waals surface area (Å²) in [4.78, 5) is 33.0. The monoisotopic (exact) mass is 335 g/mol. The van der Waals surface area contributed by atoms with E-state index < -0.39 is 11.8 Å². The molecule has 1 fully saturated rings. The lowest BCUT2D eigenvalue weighted by molar-refractivity contribution is -0.111. The minimum atomic E-state index is -0.488. The SMILES string of the molecule is CCOC(=O)c1c[nH]c(C(=O)C=[N+]=N)c1C1CCN(CC)C1=S. The van der Waals surface area contributed by atoms with Crippen LogP contribution in [0.15, 0.2) is 6.20 Å². The number of carbonyl (C=O) groups is 2. The van der Waals surface area contributed by atoms with E-state index in [2.05, 4.69) is 14.7 Å². The molecule has 0 spiro atoms. The average Bonchev–Trinajstić information content (AvgIpc) is 3.10. The van der Waals surface area contributed by atoms with Crippen LogP contribution < -0.4 is 0 Å². The van der Waals surface area contributed by atoms with Gasteiger partial charge >= 0.3 is 12.2 Å². The van der Waals surface area contributed by atoms with Gasteiger partial charge in [0, 0.05) is 30.8 Å². The number of esters is 1. The first-order chi connectivity index (χ1) is 11.0. The Morgan fingerprint density at radius 3 is 2.87 bits per heavy atom. The van der Waals surface area contributed by atoms with Crippen LogP contribution in [0.3, 0.4) is 0 Å².